The molecule has 0 aliphatic rings. The number of amides is 1. The smallest absolute Gasteiger partial charge is 0.467 e. The molecule has 0 saturated heterocycles. The van der Waals surface area contributed by atoms with Gasteiger partial charge in [0.05, 0.1) is 24.2 Å². The molecule has 0 aromatic carbocycles. The first-order valence-electron chi connectivity index (χ1n) is 8.08. The van der Waals surface area contributed by atoms with Crippen molar-refractivity contribution in [2.45, 2.75) is 19.3 Å². The number of carbonyl (C=O) groups is 1. The third-order valence-corrected chi connectivity index (χ3v) is 4.68. The van der Waals surface area contributed by atoms with Crippen LogP contribution in [-0.4, -0.2) is 30.8 Å². The number of carbonyl (C=O) groups excluding carboxylic acids is 1. The number of rotatable bonds is 6. The summed E-state index contributed by atoms with van der Waals surface area (Å²) in [5.41, 5.74) is 0. The summed E-state index contributed by atoms with van der Waals surface area (Å²) in [6, 6.07) is 6.71. The molecular formula is C16H11F3N6O3S. The van der Waals surface area contributed by atoms with Crippen molar-refractivity contribution in [3.63, 3.8) is 0 Å². The highest BCUT2D eigenvalue weighted by Gasteiger charge is 2.38. The minimum absolute atomic E-state index is 0.0127. The minimum atomic E-state index is -4.69. The Labute approximate surface area is 164 Å². The second-order valence-electron chi connectivity index (χ2n) is 5.71. The van der Waals surface area contributed by atoms with Crippen molar-refractivity contribution < 1.29 is 26.9 Å². The van der Waals surface area contributed by atoms with Crippen molar-refractivity contribution in [2.75, 3.05) is 0 Å². The molecule has 0 aliphatic carbocycles. The van der Waals surface area contributed by atoms with E-state index in [0.717, 1.165) is 4.88 Å². The van der Waals surface area contributed by atoms with Crippen LogP contribution in [0.2, 0.25) is 0 Å². The molecule has 0 unspecified atom stereocenters. The van der Waals surface area contributed by atoms with E-state index in [1.54, 1.807) is 24.3 Å². The fourth-order valence-electron chi connectivity index (χ4n) is 2.32. The van der Waals surface area contributed by atoms with Crippen molar-refractivity contribution in [1.29, 1.82) is 0 Å². The fourth-order valence-corrected chi connectivity index (χ4v) is 3.24. The van der Waals surface area contributed by atoms with Gasteiger partial charge in [0.25, 0.3) is 5.91 Å². The maximum absolute atomic E-state index is 12.6. The number of alkyl halides is 3. The van der Waals surface area contributed by atoms with Gasteiger partial charge >= 0.3 is 12.1 Å². The van der Waals surface area contributed by atoms with Crippen LogP contribution in [0.4, 0.5) is 13.2 Å². The van der Waals surface area contributed by atoms with Gasteiger partial charge in [-0.15, -0.1) is 16.4 Å². The second kappa shape index (κ2) is 7.50. The summed E-state index contributed by atoms with van der Waals surface area (Å²) < 4.78 is 48.5. The Morgan fingerprint density at radius 2 is 2.14 bits per heavy atom. The molecule has 9 nitrogen and oxygen atoms in total. The fraction of sp³-hybridized carbons (Fsp3) is 0.188. The number of nitrogens with one attached hydrogen (secondary N) is 1. The van der Waals surface area contributed by atoms with E-state index in [1.165, 1.54) is 28.6 Å². The van der Waals surface area contributed by atoms with Gasteiger partial charge in [0, 0.05) is 4.88 Å². The number of hydrogen-bond acceptors (Lipinski definition) is 8. The summed E-state index contributed by atoms with van der Waals surface area (Å²) in [5.74, 6) is -1.42. The number of furan rings is 1. The monoisotopic (exact) mass is 424 g/mol. The van der Waals surface area contributed by atoms with E-state index in [0.29, 0.717) is 10.6 Å². The zero-order chi connectivity index (χ0) is 20.4. The molecule has 4 aromatic heterocycles. The van der Waals surface area contributed by atoms with Gasteiger partial charge in [0.15, 0.2) is 0 Å². The molecule has 4 heterocycles. The van der Waals surface area contributed by atoms with Crippen LogP contribution < -0.4 is 5.32 Å². The van der Waals surface area contributed by atoms with Gasteiger partial charge in [0.2, 0.25) is 11.6 Å². The molecule has 1 amide bonds. The molecule has 0 atom stereocenters. The standard InChI is InChI=1S/C16H11F3N6O3S/c17-16(18,19)15-22-12(24-28-15)11-4-3-10(29-11)7-25-8-21-13(23-25)14(26)20-6-9-2-1-5-27-9/h1-5,8H,6-7H2,(H,20,26). The lowest BCUT2D eigenvalue weighted by Gasteiger charge is -1.99. The van der Waals surface area contributed by atoms with Crippen LogP contribution >= 0.6 is 11.3 Å². The van der Waals surface area contributed by atoms with Crippen molar-refractivity contribution in [3.05, 3.63) is 59.2 Å². The minimum Gasteiger partial charge on any atom is -0.467 e. The van der Waals surface area contributed by atoms with Crippen molar-refractivity contribution >= 4 is 17.2 Å². The van der Waals surface area contributed by atoms with Crippen LogP contribution in [0.3, 0.4) is 0 Å². The number of halogens is 3. The van der Waals surface area contributed by atoms with E-state index >= 15 is 0 Å². The van der Waals surface area contributed by atoms with Crippen LogP contribution in [0.1, 0.15) is 27.1 Å². The van der Waals surface area contributed by atoms with E-state index in [4.69, 9.17) is 4.42 Å². The highest BCUT2D eigenvalue weighted by Crippen LogP contribution is 2.31. The Balaban J connectivity index is 1.39. The first-order chi connectivity index (χ1) is 13.9. The first-order valence-corrected chi connectivity index (χ1v) is 8.90. The van der Waals surface area contributed by atoms with Crippen molar-refractivity contribution in [3.8, 4) is 10.7 Å². The van der Waals surface area contributed by atoms with E-state index in [1.807, 2.05) is 0 Å². The molecule has 4 aromatic rings. The molecule has 0 radical (unpaired) electrons. The lowest BCUT2D eigenvalue weighted by molar-refractivity contribution is -0.159. The Morgan fingerprint density at radius 1 is 1.28 bits per heavy atom. The Kier molecular flexibility index (Phi) is 4.88. The topological polar surface area (TPSA) is 112 Å². The summed E-state index contributed by atoms with van der Waals surface area (Å²) in [4.78, 5) is 20.5. The number of nitrogens with zero attached hydrogens (tertiary/aromatic N) is 5. The average molecular weight is 424 g/mol. The van der Waals surface area contributed by atoms with Crippen LogP contribution in [-0.2, 0) is 19.3 Å². The predicted molar refractivity (Wildman–Crippen MR) is 91.6 cm³/mol. The number of thiophene rings is 1. The Bertz CT molecular complexity index is 1120. The molecule has 0 fully saturated rings. The first kappa shape index (κ1) is 18.9. The third-order valence-electron chi connectivity index (χ3n) is 3.61. The summed E-state index contributed by atoms with van der Waals surface area (Å²) in [5, 5.41) is 10.1. The lowest BCUT2D eigenvalue weighted by atomic mass is 10.4. The molecule has 4 rings (SSSR count). The Hall–Kier alpha value is -3.48. The van der Waals surface area contributed by atoms with Gasteiger partial charge in [-0.1, -0.05) is 5.16 Å². The Morgan fingerprint density at radius 3 is 2.86 bits per heavy atom. The summed E-state index contributed by atoms with van der Waals surface area (Å²) in [6.07, 6.45) is -1.81. The van der Waals surface area contributed by atoms with Crippen LogP contribution in [0.15, 0.2) is 45.8 Å². The van der Waals surface area contributed by atoms with Gasteiger partial charge < -0.3 is 14.3 Å². The normalized spacial score (nSPS) is 11.7. The van der Waals surface area contributed by atoms with E-state index in [9.17, 15) is 18.0 Å². The van der Waals surface area contributed by atoms with Gasteiger partial charge in [-0.2, -0.15) is 18.2 Å². The quantitative estimate of drug-likeness (QED) is 0.506. The van der Waals surface area contributed by atoms with E-state index in [-0.39, 0.29) is 24.7 Å². The van der Waals surface area contributed by atoms with Crippen molar-refractivity contribution in [2.24, 2.45) is 0 Å². The molecule has 0 saturated carbocycles. The molecular weight excluding hydrogens is 413 g/mol. The SMILES string of the molecule is O=C(NCc1ccco1)c1ncn(Cc2ccc(-c3noc(C(F)(F)F)n3)s2)n1. The number of aromatic nitrogens is 5. The van der Waals surface area contributed by atoms with Gasteiger partial charge in [0.1, 0.15) is 12.1 Å². The molecule has 13 heteroatoms. The van der Waals surface area contributed by atoms with Crippen LogP contribution in [0.25, 0.3) is 10.7 Å². The lowest BCUT2D eigenvalue weighted by Crippen LogP contribution is -2.24. The highest BCUT2D eigenvalue weighted by atomic mass is 32.1. The average Bonchev–Trinajstić information content (AvgIpc) is 3.46. The molecule has 0 aliphatic heterocycles. The maximum Gasteiger partial charge on any atom is 0.471 e. The summed E-state index contributed by atoms with van der Waals surface area (Å²) >= 11 is 1.18. The number of hydrogen-bond donors (Lipinski definition) is 1. The molecule has 1 N–H and O–H groups in total. The van der Waals surface area contributed by atoms with Gasteiger partial charge in [-0.05, 0) is 24.3 Å². The predicted octanol–water partition coefficient (Wildman–Crippen LogP) is 2.98. The van der Waals surface area contributed by atoms with Crippen LogP contribution in [0, 0.1) is 0 Å². The highest BCUT2D eigenvalue weighted by molar-refractivity contribution is 7.15. The largest absolute Gasteiger partial charge is 0.471 e. The van der Waals surface area contributed by atoms with E-state index < -0.39 is 18.0 Å². The van der Waals surface area contributed by atoms with Gasteiger partial charge in [-0.25, -0.2) is 9.67 Å². The van der Waals surface area contributed by atoms with Crippen LogP contribution in [0.5, 0.6) is 0 Å². The van der Waals surface area contributed by atoms with E-state index in [2.05, 4.69) is 30.1 Å². The third kappa shape index (κ3) is 4.34. The summed E-state index contributed by atoms with van der Waals surface area (Å²) in [7, 11) is 0. The molecule has 29 heavy (non-hydrogen) atoms. The molecule has 150 valence electrons. The van der Waals surface area contributed by atoms with Gasteiger partial charge in [-0.3, -0.25) is 4.79 Å². The second-order valence-corrected chi connectivity index (χ2v) is 6.88. The zero-order valence-electron chi connectivity index (χ0n) is 14.4. The molecule has 0 spiro atoms. The van der Waals surface area contributed by atoms with Crippen molar-refractivity contribution in [1.82, 2.24) is 30.2 Å². The molecule has 0 bridgehead atoms. The summed E-state index contributed by atoms with van der Waals surface area (Å²) in [6.45, 7) is 0.479. The maximum atomic E-state index is 12.6. The zero-order valence-corrected chi connectivity index (χ0v) is 15.2.